The summed E-state index contributed by atoms with van der Waals surface area (Å²) in [6.07, 6.45) is 0. The molecule has 0 unspecified atom stereocenters. The van der Waals surface area contributed by atoms with Crippen molar-refractivity contribution in [3.63, 3.8) is 0 Å². The van der Waals surface area contributed by atoms with Crippen LogP contribution in [0.3, 0.4) is 0 Å². The van der Waals surface area contributed by atoms with Crippen molar-refractivity contribution in [2.24, 2.45) is 0 Å². The van der Waals surface area contributed by atoms with Gasteiger partial charge in [0.1, 0.15) is 11.5 Å². The summed E-state index contributed by atoms with van der Waals surface area (Å²) in [5.41, 5.74) is 7.93. The third-order valence-electron chi connectivity index (χ3n) is 3.76. The molecule has 4 aromatic rings. The van der Waals surface area contributed by atoms with E-state index in [4.69, 9.17) is 10.5 Å². The molecule has 0 saturated heterocycles. The number of nitrogens with two attached hydrogens (primary N) is 1. The topological polar surface area (TPSA) is 93.9 Å². The van der Waals surface area contributed by atoms with E-state index in [0.29, 0.717) is 17.3 Å². The van der Waals surface area contributed by atoms with E-state index in [-0.39, 0.29) is 6.61 Å². The molecule has 0 amide bonds. The standard InChI is InChI=1S/C18H14N4O2/c19-17-12-6-2-4-8-14(12)21-16(22-17)10-24-18(23)15-9-11-5-1-3-7-13(11)20-15/h1-9,20H,10H2,(H2,19,21,22). The lowest BCUT2D eigenvalue weighted by molar-refractivity contribution is 0.0457. The van der Waals surface area contributed by atoms with Crippen LogP contribution in [0, 0.1) is 0 Å². The van der Waals surface area contributed by atoms with Crippen molar-refractivity contribution < 1.29 is 9.53 Å². The number of aromatic amines is 1. The predicted octanol–water partition coefficient (Wildman–Crippen LogP) is 3.05. The van der Waals surface area contributed by atoms with Crippen molar-refractivity contribution in [1.82, 2.24) is 15.0 Å². The molecule has 0 aliphatic carbocycles. The number of nitrogens with zero attached hydrogens (tertiary/aromatic N) is 2. The van der Waals surface area contributed by atoms with Gasteiger partial charge in [-0.25, -0.2) is 14.8 Å². The molecule has 0 atom stereocenters. The van der Waals surface area contributed by atoms with Crippen LogP contribution in [0.4, 0.5) is 5.82 Å². The summed E-state index contributed by atoms with van der Waals surface area (Å²) in [5, 5.41) is 1.74. The smallest absolute Gasteiger partial charge is 0.355 e. The summed E-state index contributed by atoms with van der Waals surface area (Å²) in [6, 6.07) is 16.8. The monoisotopic (exact) mass is 318 g/mol. The van der Waals surface area contributed by atoms with Crippen molar-refractivity contribution >= 4 is 33.6 Å². The number of fused-ring (bicyclic) bond motifs is 2. The quantitative estimate of drug-likeness (QED) is 0.566. The highest BCUT2D eigenvalue weighted by Gasteiger charge is 2.12. The van der Waals surface area contributed by atoms with Crippen LogP contribution in [0.5, 0.6) is 0 Å². The molecule has 24 heavy (non-hydrogen) atoms. The number of aromatic nitrogens is 3. The number of rotatable bonds is 3. The van der Waals surface area contributed by atoms with E-state index in [1.54, 1.807) is 6.07 Å². The van der Waals surface area contributed by atoms with Crippen LogP contribution >= 0.6 is 0 Å². The second-order valence-electron chi connectivity index (χ2n) is 5.39. The van der Waals surface area contributed by atoms with E-state index < -0.39 is 5.97 Å². The lowest BCUT2D eigenvalue weighted by atomic mass is 10.2. The maximum atomic E-state index is 12.2. The van der Waals surface area contributed by atoms with Crippen LogP contribution in [0.15, 0.2) is 54.6 Å². The lowest BCUT2D eigenvalue weighted by Crippen LogP contribution is -2.09. The number of esters is 1. The average molecular weight is 318 g/mol. The van der Waals surface area contributed by atoms with Gasteiger partial charge < -0.3 is 15.5 Å². The maximum Gasteiger partial charge on any atom is 0.355 e. The van der Waals surface area contributed by atoms with Gasteiger partial charge >= 0.3 is 5.97 Å². The van der Waals surface area contributed by atoms with Crippen LogP contribution in [0.25, 0.3) is 21.8 Å². The van der Waals surface area contributed by atoms with E-state index >= 15 is 0 Å². The maximum absolute atomic E-state index is 12.2. The fraction of sp³-hybridized carbons (Fsp3) is 0.0556. The van der Waals surface area contributed by atoms with Gasteiger partial charge in [-0.2, -0.15) is 0 Å². The first-order valence-electron chi connectivity index (χ1n) is 7.47. The molecule has 6 nitrogen and oxygen atoms in total. The average Bonchev–Trinajstić information content (AvgIpc) is 3.04. The molecule has 6 heteroatoms. The number of hydrogen-bond acceptors (Lipinski definition) is 5. The van der Waals surface area contributed by atoms with Gasteiger partial charge in [-0.15, -0.1) is 0 Å². The van der Waals surface area contributed by atoms with Crippen LogP contribution in [-0.2, 0) is 11.3 Å². The number of benzene rings is 2. The first-order valence-corrected chi connectivity index (χ1v) is 7.47. The lowest BCUT2D eigenvalue weighted by Gasteiger charge is -2.06. The second kappa shape index (κ2) is 5.66. The third-order valence-corrected chi connectivity index (χ3v) is 3.76. The zero-order valence-electron chi connectivity index (χ0n) is 12.7. The van der Waals surface area contributed by atoms with Gasteiger partial charge in [0.25, 0.3) is 0 Å². The molecule has 0 aliphatic heterocycles. The minimum absolute atomic E-state index is 0.0385. The van der Waals surface area contributed by atoms with Crippen LogP contribution < -0.4 is 5.73 Å². The molecule has 2 aromatic heterocycles. The van der Waals surface area contributed by atoms with Gasteiger partial charge in [0.05, 0.1) is 5.52 Å². The second-order valence-corrected chi connectivity index (χ2v) is 5.39. The van der Waals surface area contributed by atoms with Gasteiger partial charge in [-0.05, 0) is 24.3 Å². The highest BCUT2D eigenvalue weighted by atomic mass is 16.5. The van der Waals surface area contributed by atoms with E-state index in [1.807, 2.05) is 48.5 Å². The molecule has 118 valence electrons. The van der Waals surface area contributed by atoms with E-state index in [1.165, 1.54) is 0 Å². The largest absolute Gasteiger partial charge is 0.453 e. The number of carbonyl (C=O) groups excluding carboxylic acids is 1. The molecule has 3 N–H and O–H groups in total. The molecule has 4 rings (SSSR count). The van der Waals surface area contributed by atoms with Crippen molar-refractivity contribution in [2.75, 3.05) is 5.73 Å². The normalized spacial score (nSPS) is 11.0. The summed E-state index contributed by atoms with van der Waals surface area (Å²) in [4.78, 5) is 23.8. The van der Waals surface area contributed by atoms with Crippen molar-refractivity contribution in [3.8, 4) is 0 Å². The highest BCUT2D eigenvalue weighted by Crippen LogP contribution is 2.18. The molecular weight excluding hydrogens is 304 g/mol. The Labute approximate surface area is 137 Å². The Morgan fingerprint density at radius 1 is 1.08 bits per heavy atom. The molecule has 2 heterocycles. The summed E-state index contributed by atoms with van der Waals surface area (Å²) in [6.45, 7) is -0.0385. The Kier molecular flexibility index (Phi) is 3.35. The number of nitrogens with one attached hydrogen (secondary N) is 1. The van der Waals surface area contributed by atoms with Gasteiger partial charge in [-0.3, -0.25) is 0 Å². The van der Waals surface area contributed by atoms with Gasteiger partial charge in [0.2, 0.25) is 0 Å². The zero-order valence-corrected chi connectivity index (χ0v) is 12.7. The van der Waals surface area contributed by atoms with Crippen molar-refractivity contribution in [1.29, 1.82) is 0 Å². The molecule has 2 aromatic carbocycles. The summed E-state index contributed by atoms with van der Waals surface area (Å²) >= 11 is 0. The SMILES string of the molecule is Nc1nc(COC(=O)c2cc3ccccc3[nH]2)nc2ccccc12. The Balaban J connectivity index is 1.55. The minimum atomic E-state index is -0.457. The Hall–Kier alpha value is -3.41. The number of H-pyrrole nitrogens is 1. The van der Waals surface area contributed by atoms with E-state index in [0.717, 1.165) is 21.8 Å². The number of anilines is 1. The van der Waals surface area contributed by atoms with E-state index in [9.17, 15) is 4.79 Å². The molecule has 0 saturated carbocycles. The number of para-hydroxylation sites is 2. The van der Waals surface area contributed by atoms with E-state index in [2.05, 4.69) is 15.0 Å². The molecular formula is C18H14N4O2. The molecule has 0 aliphatic rings. The van der Waals surface area contributed by atoms with Crippen molar-refractivity contribution in [3.05, 3.63) is 66.1 Å². The summed E-state index contributed by atoms with van der Waals surface area (Å²) in [7, 11) is 0. The predicted molar refractivity (Wildman–Crippen MR) is 91.4 cm³/mol. The zero-order chi connectivity index (χ0) is 16.5. The Morgan fingerprint density at radius 2 is 1.88 bits per heavy atom. The Bertz CT molecular complexity index is 1020. The van der Waals surface area contributed by atoms with Gasteiger partial charge in [0, 0.05) is 16.3 Å². The van der Waals surface area contributed by atoms with Gasteiger partial charge in [-0.1, -0.05) is 30.3 Å². The molecule has 0 fully saturated rings. The minimum Gasteiger partial charge on any atom is -0.453 e. The van der Waals surface area contributed by atoms with Crippen LogP contribution in [0.1, 0.15) is 16.3 Å². The number of carbonyl (C=O) groups is 1. The first-order chi connectivity index (χ1) is 11.7. The molecule has 0 bridgehead atoms. The van der Waals surface area contributed by atoms with Gasteiger partial charge in [0.15, 0.2) is 12.4 Å². The first kappa shape index (κ1) is 14.2. The highest BCUT2D eigenvalue weighted by molar-refractivity contribution is 5.94. The van der Waals surface area contributed by atoms with Crippen LogP contribution in [-0.4, -0.2) is 20.9 Å². The number of hydrogen-bond donors (Lipinski definition) is 2. The number of nitrogen functional groups attached to an aromatic ring is 1. The Morgan fingerprint density at radius 3 is 2.75 bits per heavy atom. The molecule has 0 spiro atoms. The summed E-state index contributed by atoms with van der Waals surface area (Å²) < 4.78 is 5.30. The summed E-state index contributed by atoms with van der Waals surface area (Å²) in [5.74, 6) is 0.287. The fourth-order valence-corrected chi connectivity index (χ4v) is 2.61. The molecule has 0 radical (unpaired) electrons. The fourth-order valence-electron chi connectivity index (χ4n) is 2.61. The van der Waals surface area contributed by atoms with Crippen molar-refractivity contribution in [2.45, 2.75) is 6.61 Å². The number of ether oxygens (including phenoxy) is 1. The third kappa shape index (κ3) is 2.54. The van der Waals surface area contributed by atoms with Crippen LogP contribution in [0.2, 0.25) is 0 Å².